The van der Waals surface area contributed by atoms with Gasteiger partial charge in [-0.25, -0.2) is 0 Å². The maximum Gasteiger partial charge on any atom is 1.00 e. The number of rotatable bonds is 3. The summed E-state index contributed by atoms with van der Waals surface area (Å²) in [5, 5.41) is 41.1. The fourth-order valence-corrected chi connectivity index (χ4v) is 6.07. The number of ether oxygens (including phenoxy) is 2. The zero-order chi connectivity index (χ0) is 22.8. The minimum absolute atomic E-state index is 0. The largest absolute Gasteiger partial charge is 1.00 e. The Morgan fingerprint density at radius 1 is 1.18 bits per heavy atom. The summed E-state index contributed by atoms with van der Waals surface area (Å²) in [7, 11) is 0. The summed E-state index contributed by atoms with van der Waals surface area (Å²) in [4.78, 5) is 23.7. The van der Waals surface area contributed by atoms with Gasteiger partial charge in [0.2, 0.25) is 6.29 Å². The number of Topliss-reactive ketones (excluding diaryl/α,β-unsaturated/α-hetero) is 1. The van der Waals surface area contributed by atoms with Crippen molar-refractivity contribution in [1.29, 1.82) is 0 Å². The number of hydrogen-bond acceptors (Lipinski definition) is 8. The molecule has 5 rings (SSSR count). The molecule has 0 bridgehead atoms. The second-order valence-corrected chi connectivity index (χ2v) is 9.63. The second kappa shape index (κ2) is 9.07. The van der Waals surface area contributed by atoms with Gasteiger partial charge in [-0.2, -0.15) is 0 Å². The number of allylic oxidation sites excluding steroid dienone is 2. The van der Waals surface area contributed by atoms with Crippen molar-refractivity contribution in [2.45, 2.75) is 75.7 Å². The van der Waals surface area contributed by atoms with Gasteiger partial charge in [-0.05, 0) is 54.9 Å². The average Bonchev–Trinajstić information content (AvgIpc) is 3.08. The smallest absolute Gasteiger partial charge is 0.547 e. The van der Waals surface area contributed by atoms with Crippen LogP contribution in [-0.4, -0.2) is 57.8 Å². The molecule has 0 aromatic heterocycles. The maximum absolute atomic E-state index is 12.5. The van der Waals surface area contributed by atoms with Crippen LogP contribution >= 0.6 is 0 Å². The molecular weight excluding hydrogens is 439 g/mol. The number of carbonyl (C=O) groups is 2. The fraction of sp³-hybridized carbons (Fsp3) is 0.583. The van der Waals surface area contributed by atoms with Gasteiger partial charge in [0.05, 0.1) is 5.97 Å². The van der Waals surface area contributed by atoms with Gasteiger partial charge in [0.25, 0.3) is 0 Å². The quantitative estimate of drug-likeness (QED) is 0.316. The number of aliphatic hydroxyl groups excluding tert-OH is 3. The third-order valence-corrected chi connectivity index (χ3v) is 7.92. The van der Waals surface area contributed by atoms with E-state index in [1.807, 2.05) is 12.1 Å². The topological polar surface area (TPSA) is 136 Å². The number of fused-ring (bicyclic) bond motifs is 5. The summed E-state index contributed by atoms with van der Waals surface area (Å²) in [5.74, 6) is -0.382. The Balaban J connectivity index is 0.00000259. The van der Waals surface area contributed by atoms with Crippen molar-refractivity contribution in [2.24, 2.45) is 11.3 Å². The van der Waals surface area contributed by atoms with Crippen LogP contribution in [0, 0.1) is 11.3 Å². The van der Waals surface area contributed by atoms with Gasteiger partial charge in [0.15, 0.2) is 0 Å². The Labute approximate surface area is 213 Å². The van der Waals surface area contributed by atoms with Crippen molar-refractivity contribution >= 4 is 11.8 Å². The minimum Gasteiger partial charge on any atom is -0.547 e. The van der Waals surface area contributed by atoms with E-state index in [1.54, 1.807) is 6.07 Å². The minimum atomic E-state index is -1.82. The number of carboxylic acid groups (broad SMARTS) is 1. The van der Waals surface area contributed by atoms with Gasteiger partial charge in [0, 0.05) is 17.8 Å². The molecule has 1 aromatic carbocycles. The second-order valence-electron chi connectivity index (χ2n) is 9.63. The SMILES string of the molecule is CC12CCC3C(=CCc4cc(OC5OC(C(=O)[O-])C(O)C(O)C5O)ccc43)C1CCC2=O.[Na+]. The Kier molecular flexibility index (Phi) is 6.83. The van der Waals surface area contributed by atoms with Crippen LogP contribution < -0.4 is 39.4 Å². The zero-order valence-electron chi connectivity index (χ0n) is 18.8. The molecule has 8 unspecified atom stereocenters. The van der Waals surface area contributed by atoms with Crippen molar-refractivity contribution in [1.82, 2.24) is 0 Å². The summed E-state index contributed by atoms with van der Waals surface area (Å²) in [5.41, 5.74) is 3.39. The Morgan fingerprint density at radius 3 is 2.67 bits per heavy atom. The first kappa shape index (κ1) is 24.9. The summed E-state index contributed by atoms with van der Waals surface area (Å²) in [6, 6.07) is 5.53. The van der Waals surface area contributed by atoms with E-state index in [1.165, 1.54) is 11.1 Å². The van der Waals surface area contributed by atoms with Crippen LogP contribution in [0.2, 0.25) is 0 Å². The molecule has 8 atom stereocenters. The summed E-state index contributed by atoms with van der Waals surface area (Å²) >= 11 is 0. The Hall–Kier alpha value is -1.26. The monoisotopic (exact) mass is 466 g/mol. The van der Waals surface area contributed by atoms with Crippen molar-refractivity contribution in [3.63, 3.8) is 0 Å². The molecule has 33 heavy (non-hydrogen) atoms. The van der Waals surface area contributed by atoms with Crippen LogP contribution in [0.5, 0.6) is 5.75 Å². The van der Waals surface area contributed by atoms with E-state index in [0.29, 0.717) is 30.3 Å². The maximum atomic E-state index is 12.5. The van der Waals surface area contributed by atoms with Crippen LogP contribution in [0.4, 0.5) is 0 Å². The predicted octanol–water partition coefficient (Wildman–Crippen LogP) is -3.03. The predicted molar refractivity (Wildman–Crippen MR) is 108 cm³/mol. The van der Waals surface area contributed by atoms with Crippen molar-refractivity contribution in [3.8, 4) is 5.75 Å². The molecule has 1 aromatic rings. The summed E-state index contributed by atoms with van der Waals surface area (Å²) in [6.07, 6.45) is -2.18. The van der Waals surface area contributed by atoms with E-state index in [-0.39, 0.29) is 40.9 Å². The zero-order valence-corrected chi connectivity index (χ0v) is 20.8. The van der Waals surface area contributed by atoms with E-state index in [4.69, 9.17) is 9.47 Å². The Morgan fingerprint density at radius 2 is 1.94 bits per heavy atom. The molecule has 3 N–H and O–H groups in total. The molecule has 0 radical (unpaired) electrons. The first-order chi connectivity index (χ1) is 15.2. The molecule has 172 valence electrons. The van der Waals surface area contributed by atoms with Crippen molar-refractivity contribution in [2.75, 3.05) is 0 Å². The van der Waals surface area contributed by atoms with Crippen LogP contribution in [0.1, 0.15) is 49.7 Å². The van der Waals surface area contributed by atoms with Crippen LogP contribution in [0.3, 0.4) is 0 Å². The molecule has 4 aliphatic rings. The van der Waals surface area contributed by atoms with Crippen LogP contribution in [0.15, 0.2) is 29.8 Å². The molecule has 1 aliphatic heterocycles. The number of aliphatic carboxylic acids is 1. The summed E-state index contributed by atoms with van der Waals surface area (Å²) < 4.78 is 10.8. The van der Waals surface area contributed by atoms with E-state index in [2.05, 4.69) is 13.0 Å². The van der Waals surface area contributed by atoms with Crippen molar-refractivity contribution < 1.29 is 69.0 Å². The standard InChI is InChI=1S/C24H28O8.Na/c1-24-9-8-14-13-5-3-12(10-11(13)2-4-15(14)16(24)6-7-17(24)25)31-23-20(28)18(26)19(27)21(32-23)22(29)30;/h3-5,10,14,16,18-21,23,26-28H,2,6-9H2,1H3,(H,29,30);/q;+1/p-1. The van der Waals surface area contributed by atoms with Gasteiger partial charge in [-0.1, -0.05) is 24.6 Å². The number of aliphatic hydroxyl groups is 3. The van der Waals surface area contributed by atoms with E-state index >= 15 is 0 Å². The van der Waals surface area contributed by atoms with Gasteiger partial charge in [-0.3, -0.25) is 4.79 Å². The van der Waals surface area contributed by atoms with Crippen LogP contribution in [-0.2, 0) is 20.7 Å². The third kappa shape index (κ3) is 3.99. The first-order valence-electron chi connectivity index (χ1n) is 11.1. The molecule has 1 heterocycles. The first-order valence-corrected chi connectivity index (χ1v) is 11.1. The number of ketones is 1. The molecule has 0 spiro atoms. The van der Waals surface area contributed by atoms with E-state index < -0.39 is 36.7 Å². The van der Waals surface area contributed by atoms with E-state index in [0.717, 1.165) is 24.8 Å². The normalized spacial score (nSPS) is 39.5. The molecule has 0 amide bonds. The fourth-order valence-electron chi connectivity index (χ4n) is 6.07. The molecule has 3 fully saturated rings. The van der Waals surface area contributed by atoms with Gasteiger partial charge < -0.3 is 34.7 Å². The van der Waals surface area contributed by atoms with Gasteiger partial charge in [-0.15, -0.1) is 0 Å². The molecule has 8 nitrogen and oxygen atoms in total. The third-order valence-electron chi connectivity index (χ3n) is 7.92. The van der Waals surface area contributed by atoms with Gasteiger partial charge in [0.1, 0.15) is 35.9 Å². The van der Waals surface area contributed by atoms with Gasteiger partial charge >= 0.3 is 29.6 Å². The average molecular weight is 466 g/mol. The molecule has 3 aliphatic carbocycles. The molecule has 9 heteroatoms. The number of carboxylic acids is 1. The number of benzene rings is 1. The molecule has 2 saturated carbocycles. The summed E-state index contributed by atoms with van der Waals surface area (Å²) in [6.45, 7) is 2.11. The number of hydrogen-bond donors (Lipinski definition) is 3. The molecular formula is C24H27NaO8. The molecule has 1 saturated heterocycles. The Bertz CT molecular complexity index is 993. The van der Waals surface area contributed by atoms with E-state index in [9.17, 15) is 30.0 Å². The van der Waals surface area contributed by atoms with Crippen LogP contribution in [0.25, 0.3) is 0 Å². The number of carbonyl (C=O) groups excluding carboxylic acids is 2. The van der Waals surface area contributed by atoms with Crippen molar-refractivity contribution in [3.05, 3.63) is 41.0 Å².